The van der Waals surface area contributed by atoms with Gasteiger partial charge in [0, 0.05) is 49.9 Å². The van der Waals surface area contributed by atoms with Crippen LogP contribution in [0.5, 0.6) is 0 Å². The maximum atomic E-state index is 12.9. The summed E-state index contributed by atoms with van der Waals surface area (Å²) in [5.41, 5.74) is 3.18. The number of nitrogens with zero attached hydrogens (tertiary/aromatic N) is 2. The second kappa shape index (κ2) is 11.0. The van der Waals surface area contributed by atoms with E-state index in [2.05, 4.69) is 26.5 Å². The molecule has 1 aliphatic heterocycles. The molecule has 1 heterocycles. The molecule has 5 aliphatic rings. The van der Waals surface area contributed by atoms with Gasteiger partial charge in [-0.3, -0.25) is 9.69 Å². The molecule has 7 rings (SSSR count). The zero-order chi connectivity index (χ0) is 26.3. The lowest BCUT2D eigenvalue weighted by Gasteiger charge is -2.56. The first-order valence-electron chi connectivity index (χ1n) is 14.0. The summed E-state index contributed by atoms with van der Waals surface area (Å²) in [5.74, 6) is 2.56. The van der Waals surface area contributed by atoms with Crippen LogP contribution in [0.1, 0.15) is 50.5 Å². The Morgan fingerprint density at radius 2 is 1.58 bits per heavy atom. The zero-order valence-electron chi connectivity index (χ0n) is 21.7. The maximum Gasteiger partial charge on any atom is 0.226 e. The number of hydrogen-bond acceptors (Lipinski definition) is 4. The fourth-order valence-electron chi connectivity index (χ4n) is 8.04. The summed E-state index contributed by atoms with van der Waals surface area (Å²) >= 11 is 18.5. The SMILES string of the molecule is O=C(CC12CC3CC(CC(C3)C1)C2)NC(=S)Nc1ccc(N2CCN(Cc3ccccc3Cl)CC2)c(Cl)c1. The number of carbonyl (C=O) groups is 1. The average molecular weight is 572 g/mol. The molecule has 2 aromatic rings. The molecule has 202 valence electrons. The van der Waals surface area contributed by atoms with Crippen molar-refractivity contribution in [3.05, 3.63) is 58.1 Å². The highest BCUT2D eigenvalue weighted by molar-refractivity contribution is 7.80. The lowest BCUT2D eigenvalue weighted by Crippen LogP contribution is -2.48. The highest BCUT2D eigenvalue weighted by Crippen LogP contribution is 2.61. The van der Waals surface area contributed by atoms with E-state index in [1.165, 1.54) is 38.5 Å². The monoisotopic (exact) mass is 570 g/mol. The summed E-state index contributed by atoms with van der Waals surface area (Å²) in [6.45, 7) is 4.55. The minimum atomic E-state index is 0.0434. The number of anilines is 2. The van der Waals surface area contributed by atoms with Crippen LogP contribution in [0.15, 0.2) is 42.5 Å². The van der Waals surface area contributed by atoms with E-state index in [-0.39, 0.29) is 11.3 Å². The van der Waals surface area contributed by atoms with Gasteiger partial charge in [-0.2, -0.15) is 0 Å². The number of benzene rings is 2. The summed E-state index contributed by atoms with van der Waals surface area (Å²) in [7, 11) is 0. The lowest BCUT2D eigenvalue weighted by atomic mass is 9.49. The topological polar surface area (TPSA) is 47.6 Å². The van der Waals surface area contributed by atoms with Gasteiger partial charge in [0.1, 0.15) is 0 Å². The molecule has 1 amide bonds. The second-order valence-electron chi connectivity index (χ2n) is 12.1. The predicted octanol–water partition coefficient (Wildman–Crippen LogP) is 6.74. The van der Waals surface area contributed by atoms with Crippen molar-refractivity contribution in [1.82, 2.24) is 10.2 Å². The molecule has 0 radical (unpaired) electrons. The maximum absolute atomic E-state index is 12.9. The van der Waals surface area contributed by atoms with Crippen LogP contribution < -0.4 is 15.5 Å². The van der Waals surface area contributed by atoms with E-state index in [1.807, 2.05) is 36.4 Å². The third-order valence-corrected chi connectivity index (χ3v) is 10.1. The Bertz CT molecular complexity index is 1180. The quantitative estimate of drug-likeness (QED) is 0.377. The zero-order valence-corrected chi connectivity index (χ0v) is 24.1. The largest absolute Gasteiger partial charge is 0.368 e. The summed E-state index contributed by atoms with van der Waals surface area (Å²) in [6, 6.07) is 13.9. The highest BCUT2D eigenvalue weighted by Gasteiger charge is 2.51. The molecule has 0 atom stereocenters. The number of amides is 1. The molecule has 8 heteroatoms. The molecular formula is C30H36Cl2N4OS. The van der Waals surface area contributed by atoms with Gasteiger partial charge in [0.05, 0.1) is 10.7 Å². The Morgan fingerprint density at radius 3 is 2.21 bits per heavy atom. The number of rotatable bonds is 6. The molecule has 2 aromatic carbocycles. The smallest absolute Gasteiger partial charge is 0.226 e. The Balaban J connectivity index is 0.993. The minimum absolute atomic E-state index is 0.0434. The Kier molecular flexibility index (Phi) is 7.60. The van der Waals surface area contributed by atoms with E-state index in [0.717, 1.165) is 72.4 Å². The second-order valence-corrected chi connectivity index (χ2v) is 13.3. The average Bonchev–Trinajstić information content (AvgIpc) is 2.85. The third-order valence-electron chi connectivity index (χ3n) is 9.22. The molecule has 4 aliphatic carbocycles. The van der Waals surface area contributed by atoms with E-state index in [1.54, 1.807) is 0 Å². The van der Waals surface area contributed by atoms with Gasteiger partial charge in [0.15, 0.2) is 5.11 Å². The lowest BCUT2D eigenvalue weighted by molar-refractivity contribution is -0.127. The highest BCUT2D eigenvalue weighted by atomic mass is 35.5. The number of halogens is 2. The number of piperazine rings is 1. The number of thiocarbonyl (C=S) groups is 1. The minimum Gasteiger partial charge on any atom is -0.368 e. The summed E-state index contributed by atoms with van der Waals surface area (Å²) < 4.78 is 0. The van der Waals surface area contributed by atoms with Gasteiger partial charge in [0.2, 0.25) is 5.91 Å². The van der Waals surface area contributed by atoms with Gasteiger partial charge in [-0.05, 0) is 104 Å². The molecule has 5 fully saturated rings. The van der Waals surface area contributed by atoms with Crippen molar-refractivity contribution in [2.24, 2.45) is 23.2 Å². The van der Waals surface area contributed by atoms with Crippen molar-refractivity contribution in [3.8, 4) is 0 Å². The van der Waals surface area contributed by atoms with Crippen LogP contribution >= 0.6 is 35.4 Å². The fourth-order valence-corrected chi connectivity index (χ4v) is 8.76. The molecule has 0 spiro atoms. The third kappa shape index (κ3) is 5.84. The van der Waals surface area contributed by atoms with E-state index in [4.69, 9.17) is 35.4 Å². The van der Waals surface area contributed by atoms with Crippen LogP contribution in [0.2, 0.25) is 10.0 Å². The molecular weight excluding hydrogens is 535 g/mol. The van der Waals surface area contributed by atoms with Gasteiger partial charge < -0.3 is 15.5 Å². The summed E-state index contributed by atoms with van der Waals surface area (Å²) in [6.07, 6.45) is 8.41. The predicted molar refractivity (Wildman–Crippen MR) is 160 cm³/mol. The molecule has 4 saturated carbocycles. The van der Waals surface area contributed by atoms with Crippen molar-refractivity contribution >= 4 is 57.8 Å². The van der Waals surface area contributed by atoms with Crippen LogP contribution in [-0.2, 0) is 11.3 Å². The van der Waals surface area contributed by atoms with Crippen LogP contribution in [0.3, 0.4) is 0 Å². The first-order chi connectivity index (χ1) is 18.3. The summed E-state index contributed by atoms with van der Waals surface area (Å²) in [4.78, 5) is 17.7. The van der Waals surface area contributed by atoms with Gasteiger partial charge in [-0.25, -0.2) is 0 Å². The number of carbonyl (C=O) groups excluding carboxylic acids is 1. The number of nitrogens with one attached hydrogen (secondary N) is 2. The molecule has 0 unspecified atom stereocenters. The molecule has 4 bridgehead atoms. The van der Waals surface area contributed by atoms with E-state index < -0.39 is 0 Å². The van der Waals surface area contributed by atoms with Crippen molar-refractivity contribution < 1.29 is 4.79 Å². The molecule has 1 saturated heterocycles. The van der Waals surface area contributed by atoms with Gasteiger partial charge in [-0.15, -0.1) is 0 Å². The van der Waals surface area contributed by atoms with Crippen molar-refractivity contribution in [2.75, 3.05) is 36.4 Å². The van der Waals surface area contributed by atoms with Crippen LogP contribution in [0.4, 0.5) is 11.4 Å². The first-order valence-corrected chi connectivity index (χ1v) is 15.1. The normalized spacial score (nSPS) is 28.4. The van der Waals surface area contributed by atoms with E-state index >= 15 is 0 Å². The van der Waals surface area contributed by atoms with E-state index in [0.29, 0.717) is 16.6 Å². The fraction of sp³-hybridized carbons (Fsp3) is 0.533. The Hall–Kier alpha value is -1.86. The standard InChI is InChI=1S/C30H36Cl2N4OS/c31-25-4-2-1-3-23(25)19-35-7-9-36(10-8-35)27-6-5-24(14-26(27)32)33-29(38)34-28(37)18-30-15-20-11-21(16-30)13-22(12-20)17-30/h1-6,14,20-22H,7-13,15-19H2,(H2,33,34,37,38). The first kappa shape index (κ1) is 26.4. The molecule has 38 heavy (non-hydrogen) atoms. The van der Waals surface area contributed by atoms with Crippen molar-refractivity contribution in [2.45, 2.75) is 51.5 Å². The van der Waals surface area contributed by atoms with E-state index in [9.17, 15) is 4.79 Å². The van der Waals surface area contributed by atoms with Gasteiger partial charge >= 0.3 is 0 Å². The van der Waals surface area contributed by atoms with Crippen LogP contribution in [0, 0.1) is 23.2 Å². The molecule has 0 aromatic heterocycles. The van der Waals surface area contributed by atoms with Gasteiger partial charge in [-0.1, -0.05) is 41.4 Å². The number of hydrogen-bond donors (Lipinski definition) is 2. The van der Waals surface area contributed by atoms with Crippen LogP contribution in [0.25, 0.3) is 0 Å². The van der Waals surface area contributed by atoms with Crippen LogP contribution in [-0.4, -0.2) is 42.1 Å². The Morgan fingerprint density at radius 1 is 0.921 bits per heavy atom. The molecule has 2 N–H and O–H groups in total. The van der Waals surface area contributed by atoms with Crippen molar-refractivity contribution in [1.29, 1.82) is 0 Å². The van der Waals surface area contributed by atoms with Gasteiger partial charge in [0.25, 0.3) is 0 Å². The summed E-state index contributed by atoms with van der Waals surface area (Å²) in [5, 5.41) is 7.95. The van der Waals surface area contributed by atoms with Crippen molar-refractivity contribution in [3.63, 3.8) is 0 Å². The Labute approximate surface area is 241 Å². The molecule has 5 nitrogen and oxygen atoms in total.